The highest BCUT2D eigenvalue weighted by Crippen LogP contribution is 1.98. The number of carbonyl (C=O) groups is 1. The summed E-state index contributed by atoms with van der Waals surface area (Å²) in [7, 11) is 0. The van der Waals surface area contributed by atoms with Gasteiger partial charge in [0, 0.05) is 19.5 Å². The van der Waals surface area contributed by atoms with Crippen LogP contribution in [0.1, 0.15) is 29.2 Å². The van der Waals surface area contributed by atoms with Crippen LogP contribution in [-0.4, -0.2) is 25.9 Å². The van der Waals surface area contributed by atoms with Crippen LogP contribution in [0.15, 0.2) is 21.3 Å². The number of hydrogen-bond acceptors (Lipinski definition) is 6. The van der Waals surface area contributed by atoms with E-state index in [4.69, 9.17) is 4.42 Å². The lowest BCUT2D eigenvalue weighted by molar-refractivity contribution is 0.0939. The normalized spacial score (nSPS) is 10.4. The molecule has 100 valence electrons. The van der Waals surface area contributed by atoms with Gasteiger partial charge in [-0.05, 0) is 13.0 Å². The molecule has 1 amide bonds. The molecule has 0 radical (unpaired) electrons. The second-order valence-electron chi connectivity index (χ2n) is 3.77. The van der Waals surface area contributed by atoms with Crippen molar-refractivity contribution in [2.45, 2.75) is 26.9 Å². The Hall–Kier alpha value is -2.51. The molecule has 0 fully saturated rings. The van der Waals surface area contributed by atoms with Crippen molar-refractivity contribution in [2.24, 2.45) is 0 Å². The molecule has 2 aromatic heterocycles. The molecule has 0 aromatic carbocycles. The monoisotopic (exact) mass is 263 g/mol. The van der Waals surface area contributed by atoms with Crippen LogP contribution >= 0.6 is 0 Å². The number of hydrogen-bond donors (Lipinski definition) is 1. The van der Waals surface area contributed by atoms with E-state index in [9.17, 15) is 9.59 Å². The van der Waals surface area contributed by atoms with E-state index in [2.05, 4.69) is 20.6 Å². The molecule has 2 rings (SSSR count). The van der Waals surface area contributed by atoms with E-state index in [1.165, 1.54) is 16.8 Å². The Kier molecular flexibility index (Phi) is 3.69. The first kappa shape index (κ1) is 12.9. The standard InChI is InChI=1S/C11H13N5O3/c1-3-16-10(17)5-4-8(15-16)11(18)12-6-9-14-13-7(2)19-9/h4-5H,3,6H2,1-2H3,(H,12,18). The van der Waals surface area contributed by atoms with Gasteiger partial charge in [0.05, 0.1) is 6.54 Å². The molecule has 19 heavy (non-hydrogen) atoms. The second kappa shape index (κ2) is 5.42. The fourth-order valence-corrected chi connectivity index (χ4v) is 1.45. The molecular weight excluding hydrogens is 250 g/mol. The van der Waals surface area contributed by atoms with Crippen LogP contribution in [0.3, 0.4) is 0 Å². The van der Waals surface area contributed by atoms with Gasteiger partial charge in [-0.25, -0.2) is 4.68 Å². The third-order valence-electron chi connectivity index (χ3n) is 2.37. The van der Waals surface area contributed by atoms with Crippen molar-refractivity contribution in [3.63, 3.8) is 0 Å². The molecule has 0 spiro atoms. The van der Waals surface area contributed by atoms with Gasteiger partial charge in [0.15, 0.2) is 0 Å². The minimum absolute atomic E-state index is 0.118. The van der Waals surface area contributed by atoms with E-state index in [1.54, 1.807) is 13.8 Å². The maximum atomic E-state index is 11.8. The van der Waals surface area contributed by atoms with Crippen LogP contribution in [0, 0.1) is 6.92 Å². The molecular formula is C11H13N5O3. The van der Waals surface area contributed by atoms with Crippen molar-refractivity contribution in [1.82, 2.24) is 25.3 Å². The van der Waals surface area contributed by atoms with Gasteiger partial charge in [-0.15, -0.1) is 10.2 Å². The average Bonchev–Trinajstić information content (AvgIpc) is 2.82. The highest BCUT2D eigenvalue weighted by molar-refractivity contribution is 5.91. The first-order valence-corrected chi connectivity index (χ1v) is 5.75. The van der Waals surface area contributed by atoms with Gasteiger partial charge in [-0.3, -0.25) is 9.59 Å². The molecule has 0 saturated heterocycles. The maximum Gasteiger partial charge on any atom is 0.272 e. The fraction of sp³-hybridized carbons (Fsp3) is 0.364. The molecule has 0 atom stereocenters. The predicted molar refractivity (Wildman–Crippen MR) is 64.4 cm³/mol. The molecule has 0 aliphatic carbocycles. The summed E-state index contributed by atoms with van der Waals surface area (Å²) < 4.78 is 6.34. The van der Waals surface area contributed by atoms with E-state index in [1.807, 2.05) is 0 Å². The Bertz CT molecular complexity index is 646. The predicted octanol–water partition coefficient (Wildman–Crippen LogP) is -0.115. The average molecular weight is 263 g/mol. The van der Waals surface area contributed by atoms with Crippen molar-refractivity contribution in [1.29, 1.82) is 0 Å². The van der Waals surface area contributed by atoms with Crippen LogP contribution in [-0.2, 0) is 13.1 Å². The summed E-state index contributed by atoms with van der Waals surface area (Å²) in [5, 5.41) is 13.9. The Morgan fingerprint density at radius 1 is 1.42 bits per heavy atom. The summed E-state index contributed by atoms with van der Waals surface area (Å²) in [5.74, 6) is 0.342. The third-order valence-corrected chi connectivity index (χ3v) is 2.37. The molecule has 0 saturated carbocycles. The van der Waals surface area contributed by atoms with Crippen molar-refractivity contribution >= 4 is 5.91 Å². The Labute approximate surface area is 108 Å². The molecule has 0 aliphatic heterocycles. The molecule has 0 bridgehead atoms. The fourth-order valence-electron chi connectivity index (χ4n) is 1.45. The van der Waals surface area contributed by atoms with E-state index < -0.39 is 5.91 Å². The molecule has 8 heteroatoms. The summed E-state index contributed by atoms with van der Waals surface area (Å²) in [6, 6.07) is 2.69. The molecule has 2 aromatic rings. The van der Waals surface area contributed by atoms with Crippen LogP contribution in [0.2, 0.25) is 0 Å². The van der Waals surface area contributed by atoms with Crippen LogP contribution in [0.5, 0.6) is 0 Å². The highest BCUT2D eigenvalue weighted by atomic mass is 16.4. The van der Waals surface area contributed by atoms with E-state index in [0.29, 0.717) is 18.3 Å². The SMILES string of the molecule is CCn1nc(C(=O)NCc2nnc(C)o2)ccc1=O. The maximum absolute atomic E-state index is 11.8. The van der Waals surface area contributed by atoms with Gasteiger partial charge in [0.2, 0.25) is 11.8 Å². The van der Waals surface area contributed by atoms with Crippen LogP contribution in [0.4, 0.5) is 0 Å². The summed E-state index contributed by atoms with van der Waals surface area (Å²) in [4.78, 5) is 23.2. The Morgan fingerprint density at radius 3 is 2.84 bits per heavy atom. The van der Waals surface area contributed by atoms with Crippen molar-refractivity contribution in [3.8, 4) is 0 Å². The number of carbonyl (C=O) groups excluding carboxylic acids is 1. The van der Waals surface area contributed by atoms with E-state index in [0.717, 1.165) is 0 Å². The molecule has 0 unspecified atom stereocenters. The van der Waals surface area contributed by atoms with E-state index >= 15 is 0 Å². The Balaban J connectivity index is 2.05. The van der Waals surface area contributed by atoms with E-state index in [-0.39, 0.29) is 17.8 Å². The largest absolute Gasteiger partial charge is 0.424 e. The first-order valence-electron chi connectivity index (χ1n) is 5.75. The lowest BCUT2D eigenvalue weighted by atomic mass is 10.3. The summed E-state index contributed by atoms with van der Waals surface area (Å²) >= 11 is 0. The van der Waals surface area contributed by atoms with Crippen LogP contribution in [0.25, 0.3) is 0 Å². The van der Waals surface area contributed by atoms with Gasteiger partial charge in [0.1, 0.15) is 5.69 Å². The topological polar surface area (TPSA) is 103 Å². The molecule has 1 N–H and O–H groups in total. The number of aryl methyl sites for hydroxylation is 2. The van der Waals surface area contributed by atoms with Crippen LogP contribution < -0.4 is 10.9 Å². The number of aromatic nitrogens is 4. The van der Waals surface area contributed by atoms with Gasteiger partial charge in [0.25, 0.3) is 11.5 Å². The minimum Gasteiger partial charge on any atom is -0.424 e. The smallest absolute Gasteiger partial charge is 0.272 e. The summed E-state index contributed by atoms with van der Waals surface area (Å²) in [6.07, 6.45) is 0. The molecule has 0 aliphatic rings. The number of amides is 1. The molecule has 2 heterocycles. The zero-order chi connectivity index (χ0) is 13.8. The zero-order valence-electron chi connectivity index (χ0n) is 10.6. The quantitative estimate of drug-likeness (QED) is 0.825. The number of nitrogens with one attached hydrogen (secondary N) is 1. The number of nitrogens with zero attached hydrogens (tertiary/aromatic N) is 4. The summed E-state index contributed by atoms with van der Waals surface area (Å²) in [6.45, 7) is 3.96. The van der Waals surface area contributed by atoms with Crippen molar-refractivity contribution in [3.05, 3.63) is 40.0 Å². The zero-order valence-corrected chi connectivity index (χ0v) is 10.6. The lowest BCUT2D eigenvalue weighted by Crippen LogP contribution is -2.29. The molecule has 8 nitrogen and oxygen atoms in total. The van der Waals surface area contributed by atoms with Gasteiger partial charge in [-0.2, -0.15) is 5.10 Å². The lowest BCUT2D eigenvalue weighted by Gasteiger charge is -2.04. The summed E-state index contributed by atoms with van der Waals surface area (Å²) in [5.41, 5.74) is -0.0794. The Morgan fingerprint density at radius 2 is 2.21 bits per heavy atom. The second-order valence-corrected chi connectivity index (χ2v) is 3.77. The van der Waals surface area contributed by atoms with Crippen molar-refractivity contribution in [2.75, 3.05) is 0 Å². The number of rotatable bonds is 4. The third kappa shape index (κ3) is 3.03. The first-order chi connectivity index (χ1) is 9.10. The minimum atomic E-state index is -0.405. The van der Waals surface area contributed by atoms with Gasteiger partial charge < -0.3 is 9.73 Å². The van der Waals surface area contributed by atoms with Gasteiger partial charge in [-0.1, -0.05) is 0 Å². The van der Waals surface area contributed by atoms with Gasteiger partial charge >= 0.3 is 0 Å². The van der Waals surface area contributed by atoms with Crippen molar-refractivity contribution < 1.29 is 9.21 Å². The highest BCUT2D eigenvalue weighted by Gasteiger charge is 2.10.